The normalized spacial score (nSPS) is 24.6. The predicted molar refractivity (Wildman–Crippen MR) is 83.0 cm³/mol. The van der Waals surface area contributed by atoms with Crippen LogP contribution >= 0.6 is 31.9 Å². The van der Waals surface area contributed by atoms with E-state index in [9.17, 15) is 0 Å². The molecule has 0 saturated carbocycles. The van der Waals surface area contributed by atoms with Crippen molar-refractivity contribution in [3.63, 3.8) is 0 Å². The minimum absolute atomic E-state index is 0.00488. The molecule has 0 aromatic carbocycles. The highest BCUT2D eigenvalue weighted by Crippen LogP contribution is 2.33. The SMILES string of the molecule is CCCN1CCOC(CN)C1c1ncc(Br)cc1Br. The maximum absolute atomic E-state index is 5.87. The molecule has 1 aromatic rings. The van der Waals surface area contributed by atoms with Crippen LogP contribution in [0.5, 0.6) is 0 Å². The summed E-state index contributed by atoms with van der Waals surface area (Å²) in [5.41, 5.74) is 6.87. The third kappa shape index (κ3) is 3.55. The van der Waals surface area contributed by atoms with Crippen molar-refractivity contribution in [1.29, 1.82) is 0 Å². The standard InChI is InChI=1S/C13H19Br2N3O/c1-2-3-18-4-5-19-11(7-16)13(18)12-10(15)6-9(14)8-17-12/h6,8,11,13H,2-5,7,16H2,1H3. The van der Waals surface area contributed by atoms with Gasteiger partial charge in [-0.05, 0) is 50.9 Å². The van der Waals surface area contributed by atoms with E-state index in [0.717, 1.165) is 40.8 Å². The molecule has 0 aliphatic carbocycles. The van der Waals surface area contributed by atoms with Crippen molar-refractivity contribution in [1.82, 2.24) is 9.88 Å². The summed E-state index contributed by atoms with van der Waals surface area (Å²) < 4.78 is 7.78. The van der Waals surface area contributed by atoms with Gasteiger partial charge < -0.3 is 10.5 Å². The number of hydrogen-bond donors (Lipinski definition) is 1. The zero-order chi connectivity index (χ0) is 13.8. The fourth-order valence-electron chi connectivity index (χ4n) is 2.51. The van der Waals surface area contributed by atoms with Crippen LogP contribution in [0, 0.1) is 0 Å². The first-order valence-corrected chi connectivity index (χ1v) is 8.12. The maximum Gasteiger partial charge on any atom is 0.0910 e. The molecule has 0 radical (unpaired) electrons. The Bertz CT molecular complexity index is 428. The van der Waals surface area contributed by atoms with E-state index in [2.05, 4.69) is 48.7 Å². The van der Waals surface area contributed by atoms with Crippen LogP contribution in [0.1, 0.15) is 25.1 Å². The third-order valence-corrected chi connectivity index (χ3v) is 4.38. The smallest absolute Gasteiger partial charge is 0.0910 e. The number of nitrogens with zero attached hydrogens (tertiary/aromatic N) is 2. The van der Waals surface area contributed by atoms with Crippen molar-refractivity contribution in [2.45, 2.75) is 25.5 Å². The van der Waals surface area contributed by atoms with E-state index in [0.29, 0.717) is 6.54 Å². The van der Waals surface area contributed by atoms with Crippen molar-refractivity contribution in [3.05, 3.63) is 26.9 Å². The van der Waals surface area contributed by atoms with Crippen LogP contribution in [-0.4, -0.2) is 42.2 Å². The lowest BCUT2D eigenvalue weighted by Gasteiger charge is -2.40. The van der Waals surface area contributed by atoms with Crippen molar-refractivity contribution in [2.24, 2.45) is 5.73 Å². The van der Waals surface area contributed by atoms with Gasteiger partial charge in [0, 0.05) is 28.2 Å². The molecular weight excluding hydrogens is 374 g/mol. The van der Waals surface area contributed by atoms with Gasteiger partial charge in [0.05, 0.1) is 24.4 Å². The minimum atomic E-state index is 0.00488. The van der Waals surface area contributed by atoms with Gasteiger partial charge in [-0.1, -0.05) is 6.92 Å². The van der Waals surface area contributed by atoms with Crippen LogP contribution in [-0.2, 0) is 4.74 Å². The fourth-order valence-corrected chi connectivity index (χ4v) is 3.74. The highest BCUT2D eigenvalue weighted by molar-refractivity contribution is 9.11. The first kappa shape index (κ1) is 15.4. The average Bonchev–Trinajstić information content (AvgIpc) is 2.39. The maximum atomic E-state index is 5.87. The summed E-state index contributed by atoms with van der Waals surface area (Å²) >= 11 is 7.04. The van der Waals surface area contributed by atoms with Gasteiger partial charge in [-0.2, -0.15) is 0 Å². The average molecular weight is 393 g/mol. The molecule has 1 aromatic heterocycles. The Kier molecular flexibility index (Phi) is 5.77. The lowest BCUT2D eigenvalue weighted by Crippen LogP contribution is -2.48. The molecule has 1 saturated heterocycles. The van der Waals surface area contributed by atoms with Crippen LogP contribution in [0.15, 0.2) is 21.2 Å². The Hall–Kier alpha value is -0.0100. The number of rotatable bonds is 4. The summed E-state index contributed by atoms with van der Waals surface area (Å²) in [6, 6.07) is 2.15. The Morgan fingerprint density at radius 3 is 2.95 bits per heavy atom. The van der Waals surface area contributed by atoms with Gasteiger partial charge >= 0.3 is 0 Å². The predicted octanol–water partition coefficient (Wildman–Crippen LogP) is 2.72. The largest absolute Gasteiger partial charge is 0.374 e. The van der Waals surface area contributed by atoms with E-state index in [1.165, 1.54) is 0 Å². The Morgan fingerprint density at radius 1 is 1.53 bits per heavy atom. The zero-order valence-electron chi connectivity index (χ0n) is 11.0. The molecule has 106 valence electrons. The monoisotopic (exact) mass is 391 g/mol. The van der Waals surface area contributed by atoms with Gasteiger partial charge in [-0.25, -0.2) is 0 Å². The Balaban J connectivity index is 2.33. The van der Waals surface area contributed by atoms with E-state index >= 15 is 0 Å². The summed E-state index contributed by atoms with van der Waals surface area (Å²) in [5, 5.41) is 0. The molecule has 2 rings (SSSR count). The number of halogens is 2. The minimum Gasteiger partial charge on any atom is -0.374 e. The summed E-state index contributed by atoms with van der Waals surface area (Å²) in [6.07, 6.45) is 2.94. The first-order valence-electron chi connectivity index (χ1n) is 6.54. The molecule has 2 N–H and O–H groups in total. The Labute approximate surface area is 131 Å². The lowest BCUT2D eigenvalue weighted by molar-refractivity contribution is -0.0692. The molecule has 6 heteroatoms. The topological polar surface area (TPSA) is 51.4 Å². The molecule has 19 heavy (non-hydrogen) atoms. The number of nitrogens with two attached hydrogens (primary N) is 1. The van der Waals surface area contributed by atoms with Crippen LogP contribution in [0.3, 0.4) is 0 Å². The molecule has 1 fully saturated rings. The molecular formula is C13H19Br2N3O. The van der Waals surface area contributed by atoms with Crippen molar-refractivity contribution >= 4 is 31.9 Å². The highest BCUT2D eigenvalue weighted by atomic mass is 79.9. The molecule has 2 unspecified atom stereocenters. The summed E-state index contributed by atoms with van der Waals surface area (Å²) in [4.78, 5) is 6.98. The third-order valence-electron chi connectivity index (χ3n) is 3.32. The van der Waals surface area contributed by atoms with Crippen LogP contribution in [0.25, 0.3) is 0 Å². The number of ether oxygens (including phenoxy) is 1. The first-order chi connectivity index (χ1) is 9.17. The van der Waals surface area contributed by atoms with Gasteiger partial charge in [0.25, 0.3) is 0 Å². The van der Waals surface area contributed by atoms with E-state index < -0.39 is 0 Å². The molecule has 0 spiro atoms. The molecule has 4 nitrogen and oxygen atoms in total. The van der Waals surface area contributed by atoms with E-state index in [4.69, 9.17) is 10.5 Å². The van der Waals surface area contributed by atoms with Crippen molar-refractivity contribution in [3.8, 4) is 0 Å². The van der Waals surface area contributed by atoms with Gasteiger partial charge in [0.1, 0.15) is 0 Å². The lowest BCUT2D eigenvalue weighted by atomic mass is 10.0. The number of aromatic nitrogens is 1. The molecule has 1 aliphatic heterocycles. The van der Waals surface area contributed by atoms with Crippen LogP contribution < -0.4 is 5.73 Å². The second-order valence-corrected chi connectivity index (χ2v) is 6.42. The fraction of sp³-hybridized carbons (Fsp3) is 0.615. The zero-order valence-corrected chi connectivity index (χ0v) is 14.2. The molecule has 0 amide bonds. The number of morpholine rings is 1. The molecule has 2 atom stereocenters. The highest BCUT2D eigenvalue weighted by Gasteiger charge is 2.34. The van der Waals surface area contributed by atoms with E-state index in [1.807, 2.05) is 12.3 Å². The van der Waals surface area contributed by atoms with Gasteiger partial charge in [-0.15, -0.1) is 0 Å². The quantitative estimate of drug-likeness (QED) is 0.855. The van der Waals surface area contributed by atoms with Crippen molar-refractivity contribution < 1.29 is 4.74 Å². The summed E-state index contributed by atoms with van der Waals surface area (Å²) in [6.45, 7) is 5.41. The van der Waals surface area contributed by atoms with Gasteiger partial charge in [0.15, 0.2) is 0 Å². The Morgan fingerprint density at radius 2 is 2.32 bits per heavy atom. The summed E-state index contributed by atoms with van der Waals surface area (Å²) in [7, 11) is 0. The number of hydrogen-bond acceptors (Lipinski definition) is 4. The number of pyridine rings is 1. The van der Waals surface area contributed by atoms with E-state index in [-0.39, 0.29) is 12.1 Å². The van der Waals surface area contributed by atoms with Gasteiger partial charge in [-0.3, -0.25) is 9.88 Å². The molecule has 0 bridgehead atoms. The van der Waals surface area contributed by atoms with Crippen LogP contribution in [0.2, 0.25) is 0 Å². The molecule has 2 heterocycles. The van der Waals surface area contributed by atoms with Crippen LogP contribution in [0.4, 0.5) is 0 Å². The summed E-state index contributed by atoms with van der Waals surface area (Å²) in [5.74, 6) is 0. The van der Waals surface area contributed by atoms with E-state index in [1.54, 1.807) is 0 Å². The van der Waals surface area contributed by atoms with Gasteiger partial charge in [0.2, 0.25) is 0 Å². The molecule has 1 aliphatic rings. The second kappa shape index (κ2) is 7.13. The second-order valence-electron chi connectivity index (χ2n) is 4.65. The van der Waals surface area contributed by atoms with Crippen molar-refractivity contribution in [2.75, 3.05) is 26.2 Å².